The van der Waals surface area contributed by atoms with E-state index >= 15 is 0 Å². The van der Waals surface area contributed by atoms with E-state index in [1.54, 1.807) is 0 Å². The highest BCUT2D eigenvalue weighted by atomic mass is 35.5. The third kappa shape index (κ3) is 2.35. The van der Waals surface area contributed by atoms with Gasteiger partial charge in [0.15, 0.2) is 0 Å². The summed E-state index contributed by atoms with van der Waals surface area (Å²) in [5.41, 5.74) is 5.19. The summed E-state index contributed by atoms with van der Waals surface area (Å²) >= 11 is 5.52. The molecule has 2 N–H and O–H groups in total. The van der Waals surface area contributed by atoms with Crippen molar-refractivity contribution in [1.82, 2.24) is 0 Å². The Morgan fingerprint density at radius 2 is 1.92 bits per heavy atom. The number of hydrogen-bond donors (Lipinski definition) is 1. The average Bonchev–Trinajstić information content (AvgIpc) is 2.03. The topological polar surface area (TPSA) is 26.0 Å². The van der Waals surface area contributed by atoms with Gasteiger partial charge in [0.2, 0.25) is 0 Å². The van der Waals surface area contributed by atoms with Gasteiger partial charge in [-0.15, -0.1) is 0 Å². The van der Waals surface area contributed by atoms with E-state index in [2.05, 4.69) is 0 Å². The van der Waals surface area contributed by atoms with Gasteiger partial charge in [0.05, 0.1) is 6.04 Å². The summed E-state index contributed by atoms with van der Waals surface area (Å²) < 4.78 is 36.7. The number of halogens is 4. The van der Waals surface area contributed by atoms with Crippen molar-refractivity contribution < 1.29 is 13.2 Å². The highest BCUT2D eigenvalue weighted by molar-refractivity contribution is 6.31. The predicted molar refractivity (Wildman–Crippen MR) is 44.3 cm³/mol. The molecule has 1 nitrogen and oxygen atoms in total. The highest BCUT2D eigenvalue weighted by Gasteiger charge is 2.19. The summed E-state index contributed by atoms with van der Waals surface area (Å²) in [6, 6.07) is 1.70. The molecular formula is C8H7ClF3N. The van der Waals surface area contributed by atoms with E-state index in [4.69, 9.17) is 17.3 Å². The van der Waals surface area contributed by atoms with Crippen LogP contribution in [0.2, 0.25) is 5.02 Å². The van der Waals surface area contributed by atoms with Crippen LogP contribution in [0.3, 0.4) is 0 Å². The average molecular weight is 210 g/mol. The van der Waals surface area contributed by atoms with Crippen LogP contribution in [0.5, 0.6) is 0 Å². The highest BCUT2D eigenvalue weighted by Crippen LogP contribution is 2.26. The lowest BCUT2D eigenvalue weighted by molar-refractivity contribution is 0.116. The minimum atomic E-state index is -2.71. The lowest BCUT2D eigenvalue weighted by Gasteiger charge is -2.11. The van der Waals surface area contributed by atoms with Crippen molar-refractivity contribution in [2.45, 2.75) is 12.5 Å². The Morgan fingerprint density at radius 1 is 1.31 bits per heavy atom. The molecule has 13 heavy (non-hydrogen) atoms. The molecule has 0 amide bonds. The smallest absolute Gasteiger partial charge is 0.257 e. The Bertz CT molecular complexity index is 303. The minimum Gasteiger partial charge on any atom is -0.319 e. The zero-order valence-corrected chi connectivity index (χ0v) is 7.23. The van der Waals surface area contributed by atoms with E-state index in [1.165, 1.54) is 0 Å². The summed E-state index contributed by atoms with van der Waals surface area (Å²) in [4.78, 5) is 0. The zero-order chi connectivity index (χ0) is 10.0. The van der Waals surface area contributed by atoms with Gasteiger partial charge >= 0.3 is 0 Å². The van der Waals surface area contributed by atoms with Gasteiger partial charge in [-0.1, -0.05) is 17.7 Å². The van der Waals surface area contributed by atoms with Gasteiger partial charge < -0.3 is 5.73 Å². The number of nitrogens with two attached hydrogens (primary N) is 1. The number of rotatable bonds is 2. The SMILES string of the molecule is N[C@H](c1ccc(F)cc1Cl)C(F)F. The third-order valence-electron chi connectivity index (χ3n) is 1.59. The van der Waals surface area contributed by atoms with Gasteiger partial charge in [-0.25, -0.2) is 13.2 Å². The Kier molecular flexibility index (Phi) is 3.17. The molecule has 1 aromatic rings. The normalized spacial score (nSPS) is 13.4. The standard InChI is InChI=1S/C8H7ClF3N/c9-6-3-4(10)1-2-5(6)7(13)8(11)12/h1-3,7-8H,13H2/t7-/m1/s1. The molecule has 0 radical (unpaired) electrons. The van der Waals surface area contributed by atoms with Gasteiger partial charge in [0.25, 0.3) is 6.43 Å². The van der Waals surface area contributed by atoms with Crippen molar-refractivity contribution >= 4 is 11.6 Å². The molecule has 0 aliphatic rings. The first kappa shape index (κ1) is 10.3. The molecule has 0 saturated carbocycles. The van der Waals surface area contributed by atoms with E-state index in [-0.39, 0.29) is 10.6 Å². The van der Waals surface area contributed by atoms with Crippen LogP contribution >= 0.6 is 11.6 Å². The summed E-state index contributed by atoms with van der Waals surface area (Å²) in [5, 5.41) is -0.0761. The molecular weight excluding hydrogens is 203 g/mol. The first-order chi connectivity index (χ1) is 6.02. The Morgan fingerprint density at radius 3 is 2.38 bits per heavy atom. The number of benzene rings is 1. The van der Waals surface area contributed by atoms with Crippen LogP contribution in [0.25, 0.3) is 0 Å². The summed E-state index contributed by atoms with van der Waals surface area (Å²) in [5.74, 6) is -0.574. The van der Waals surface area contributed by atoms with Crippen LogP contribution in [0, 0.1) is 5.82 Å². The summed E-state index contributed by atoms with van der Waals surface area (Å²) in [6.45, 7) is 0. The molecule has 1 atom stereocenters. The molecule has 0 bridgehead atoms. The van der Waals surface area contributed by atoms with Crippen molar-refractivity contribution in [3.05, 3.63) is 34.6 Å². The van der Waals surface area contributed by atoms with Gasteiger partial charge in [-0.05, 0) is 17.7 Å². The molecule has 0 fully saturated rings. The Labute approximate surface area is 78.3 Å². The molecule has 5 heteroatoms. The Balaban J connectivity index is 3.01. The van der Waals surface area contributed by atoms with Crippen LogP contribution in [0.1, 0.15) is 11.6 Å². The van der Waals surface area contributed by atoms with Crippen molar-refractivity contribution in [3.63, 3.8) is 0 Å². The van der Waals surface area contributed by atoms with Crippen LogP contribution in [0.15, 0.2) is 18.2 Å². The van der Waals surface area contributed by atoms with E-state index < -0.39 is 18.3 Å². The fourth-order valence-corrected chi connectivity index (χ4v) is 1.20. The van der Waals surface area contributed by atoms with Gasteiger partial charge in [-0.2, -0.15) is 0 Å². The zero-order valence-electron chi connectivity index (χ0n) is 6.48. The van der Waals surface area contributed by atoms with Gasteiger partial charge in [0.1, 0.15) is 5.82 Å². The van der Waals surface area contributed by atoms with Crippen molar-refractivity contribution in [2.24, 2.45) is 5.73 Å². The minimum absolute atomic E-state index is 0.0538. The predicted octanol–water partition coefficient (Wildman–Crippen LogP) is 2.74. The summed E-state index contributed by atoms with van der Waals surface area (Å²) in [7, 11) is 0. The van der Waals surface area contributed by atoms with Crippen molar-refractivity contribution in [1.29, 1.82) is 0 Å². The number of hydrogen-bond acceptors (Lipinski definition) is 1. The maximum absolute atomic E-state index is 12.5. The lowest BCUT2D eigenvalue weighted by Crippen LogP contribution is -2.19. The molecule has 0 saturated heterocycles. The van der Waals surface area contributed by atoms with Gasteiger partial charge in [-0.3, -0.25) is 0 Å². The second kappa shape index (κ2) is 3.98. The molecule has 0 unspecified atom stereocenters. The monoisotopic (exact) mass is 209 g/mol. The van der Waals surface area contributed by atoms with Crippen LogP contribution in [0.4, 0.5) is 13.2 Å². The molecule has 0 spiro atoms. The second-order valence-corrected chi connectivity index (χ2v) is 2.93. The lowest BCUT2D eigenvalue weighted by atomic mass is 10.1. The van der Waals surface area contributed by atoms with E-state index in [9.17, 15) is 13.2 Å². The molecule has 0 aliphatic heterocycles. The quantitative estimate of drug-likeness (QED) is 0.796. The first-order valence-electron chi connectivity index (χ1n) is 3.51. The van der Waals surface area contributed by atoms with E-state index in [1.807, 2.05) is 0 Å². The molecule has 1 aromatic carbocycles. The molecule has 1 rings (SSSR count). The fraction of sp³-hybridized carbons (Fsp3) is 0.250. The van der Waals surface area contributed by atoms with E-state index in [0.29, 0.717) is 0 Å². The van der Waals surface area contributed by atoms with Crippen LogP contribution in [-0.2, 0) is 0 Å². The first-order valence-corrected chi connectivity index (χ1v) is 3.89. The summed E-state index contributed by atoms with van der Waals surface area (Å²) in [6.07, 6.45) is -2.71. The fourth-order valence-electron chi connectivity index (χ4n) is 0.908. The Hall–Kier alpha value is -0.740. The van der Waals surface area contributed by atoms with Gasteiger partial charge in [0, 0.05) is 5.02 Å². The van der Waals surface area contributed by atoms with Crippen LogP contribution < -0.4 is 5.73 Å². The molecule has 0 heterocycles. The third-order valence-corrected chi connectivity index (χ3v) is 1.92. The molecule has 0 aliphatic carbocycles. The molecule has 0 aromatic heterocycles. The maximum atomic E-state index is 12.5. The van der Waals surface area contributed by atoms with E-state index in [0.717, 1.165) is 18.2 Å². The maximum Gasteiger partial charge on any atom is 0.257 e. The van der Waals surface area contributed by atoms with Crippen LogP contribution in [-0.4, -0.2) is 6.43 Å². The van der Waals surface area contributed by atoms with Crippen molar-refractivity contribution in [2.75, 3.05) is 0 Å². The molecule has 72 valence electrons. The van der Waals surface area contributed by atoms with Crippen molar-refractivity contribution in [3.8, 4) is 0 Å². The second-order valence-electron chi connectivity index (χ2n) is 2.53. The largest absolute Gasteiger partial charge is 0.319 e. The number of alkyl halides is 2.